The molecule has 0 saturated carbocycles. The lowest BCUT2D eigenvalue weighted by Gasteiger charge is -2.13. The molecule has 0 fully saturated rings. The number of nitrogens with one attached hydrogen (secondary N) is 4. The minimum Gasteiger partial charge on any atom is -0.493 e. The molecule has 0 bridgehead atoms. The summed E-state index contributed by atoms with van der Waals surface area (Å²) in [7, 11) is 1.56. The van der Waals surface area contributed by atoms with Gasteiger partial charge in [0.2, 0.25) is 5.91 Å². The van der Waals surface area contributed by atoms with Gasteiger partial charge in [-0.15, -0.1) is 0 Å². The van der Waals surface area contributed by atoms with Gasteiger partial charge in [0.15, 0.2) is 17.3 Å². The van der Waals surface area contributed by atoms with Gasteiger partial charge in [0.25, 0.3) is 0 Å². The molecule has 2 heterocycles. The molecule has 4 aromatic rings. The summed E-state index contributed by atoms with van der Waals surface area (Å²) in [6.45, 7) is 3.45. The Labute approximate surface area is 218 Å². The topological polar surface area (TPSA) is 146 Å². The summed E-state index contributed by atoms with van der Waals surface area (Å²) in [6.07, 6.45) is 1.82. The quantitative estimate of drug-likeness (QED) is 0.167. The fraction of sp³-hybridized carbons (Fsp3) is 0.308. The van der Waals surface area contributed by atoms with Gasteiger partial charge in [-0.2, -0.15) is 5.10 Å². The van der Waals surface area contributed by atoms with Crippen molar-refractivity contribution in [3.05, 3.63) is 60.3 Å². The molecule has 0 radical (unpaired) electrons. The summed E-state index contributed by atoms with van der Waals surface area (Å²) in [5.74, 6) is 1.32. The molecule has 0 unspecified atom stereocenters. The molecule has 0 spiro atoms. The minimum absolute atomic E-state index is 0.0266. The highest BCUT2D eigenvalue weighted by Crippen LogP contribution is 2.34. The number of aliphatic hydroxyl groups excluding tert-OH is 1. The van der Waals surface area contributed by atoms with Crippen LogP contribution in [0.5, 0.6) is 11.5 Å². The van der Waals surface area contributed by atoms with E-state index < -0.39 is 11.9 Å². The highest BCUT2D eigenvalue weighted by molar-refractivity contribution is 5.93. The van der Waals surface area contributed by atoms with Gasteiger partial charge in [-0.3, -0.25) is 9.89 Å². The molecule has 0 aliphatic carbocycles. The van der Waals surface area contributed by atoms with E-state index in [4.69, 9.17) is 9.47 Å². The van der Waals surface area contributed by atoms with Gasteiger partial charge in [-0.1, -0.05) is 6.07 Å². The van der Waals surface area contributed by atoms with Gasteiger partial charge in [0.05, 0.1) is 31.8 Å². The van der Waals surface area contributed by atoms with Gasteiger partial charge < -0.3 is 30.5 Å². The highest BCUT2D eigenvalue weighted by Gasteiger charge is 2.14. The van der Waals surface area contributed by atoms with E-state index in [-0.39, 0.29) is 12.3 Å². The van der Waals surface area contributed by atoms with Crippen molar-refractivity contribution in [1.29, 1.82) is 0 Å². The smallest absolute Gasteiger partial charge is 0.230 e. The van der Waals surface area contributed by atoms with Crippen molar-refractivity contribution >= 4 is 34.1 Å². The molecular formula is C26H30FN7O4. The van der Waals surface area contributed by atoms with Crippen molar-refractivity contribution in [1.82, 2.24) is 25.5 Å². The first-order valence-electron chi connectivity index (χ1n) is 12.1. The van der Waals surface area contributed by atoms with Crippen molar-refractivity contribution < 1.29 is 23.8 Å². The number of carbonyl (C=O) groups is 1. The van der Waals surface area contributed by atoms with Gasteiger partial charge in [-0.05, 0) is 44.2 Å². The zero-order valence-corrected chi connectivity index (χ0v) is 21.1. The van der Waals surface area contributed by atoms with Crippen LogP contribution >= 0.6 is 0 Å². The summed E-state index contributed by atoms with van der Waals surface area (Å²) < 4.78 is 24.8. The SMILES string of the molecule is COc1cc2c(Nc3cc(CC(=O)Nc4cccc(F)c4)[nH]n3)ncnc2cc1OCCCNC[C@@H](C)O. The van der Waals surface area contributed by atoms with E-state index >= 15 is 0 Å². The van der Waals surface area contributed by atoms with E-state index in [1.165, 1.54) is 24.5 Å². The van der Waals surface area contributed by atoms with Crippen LogP contribution in [0.25, 0.3) is 10.9 Å². The molecule has 38 heavy (non-hydrogen) atoms. The number of nitrogens with zero attached hydrogens (tertiary/aromatic N) is 3. The fourth-order valence-electron chi connectivity index (χ4n) is 3.71. The van der Waals surface area contributed by atoms with E-state index in [0.717, 1.165) is 13.0 Å². The number of halogens is 1. The van der Waals surface area contributed by atoms with Gasteiger partial charge >= 0.3 is 0 Å². The number of hydrogen-bond acceptors (Lipinski definition) is 9. The third kappa shape index (κ3) is 7.37. The van der Waals surface area contributed by atoms with Crippen LogP contribution in [0.4, 0.5) is 21.7 Å². The van der Waals surface area contributed by atoms with Crippen LogP contribution in [0.1, 0.15) is 19.0 Å². The van der Waals surface area contributed by atoms with Gasteiger partial charge in [0.1, 0.15) is 18.0 Å². The lowest BCUT2D eigenvalue weighted by molar-refractivity contribution is -0.115. The predicted molar refractivity (Wildman–Crippen MR) is 141 cm³/mol. The molecule has 0 aliphatic rings. The molecule has 200 valence electrons. The van der Waals surface area contributed by atoms with Crippen LogP contribution in [0, 0.1) is 5.82 Å². The fourth-order valence-corrected chi connectivity index (χ4v) is 3.71. The number of carbonyl (C=O) groups excluding carboxylic acids is 1. The second kappa shape index (κ2) is 12.8. The molecule has 12 heteroatoms. The third-order valence-electron chi connectivity index (χ3n) is 5.45. The Morgan fingerprint density at radius 1 is 1.18 bits per heavy atom. The van der Waals surface area contributed by atoms with Crippen LogP contribution in [-0.4, -0.2) is 64.1 Å². The first-order chi connectivity index (χ1) is 18.4. The predicted octanol–water partition coefficient (Wildman–Crippen LogP) is 3.16. The number of methoxy groups -OCH3 is 1. The van der Waals surface area contributed by atoms with Crippen LogP contribution in [-0.2, 0) is 11.2 Å². The van der Waals surface area contributed by atoms with Crippen molar-refractivity contribution in [2.45, 2.75) is 25.9 Å². The summed E-state index contributed by atoms with van der Waals surface area (Å²) >= 11 is 0. The number of fused-ring (bicyclic) bond motifs is 1. The second-order valence-corrected chi connectivity index (χ2v) is 8.64. The number of H-pyrrole nitrogens is 1. The number of ether oxygens (including phenoxy) is 2. The second-order valence-electron chi connectivity index (χ2n) is 8.64. The van der Waals surface area contributed by atoms with Gasteiger partial charge in [-0.25, -0.2) is 14.4 Å². The summed E-state index contributed by atoms with van der Waals surface area (Å²) in [6, 6.07) is 11.0. The zero-order valence-electron chi connectivity index (χ0n) is 21.1. The van der Waals surface area contributed by atoms with Crippen LogP contribution in [0.3, 0.4) is 0 Å². The summed E-state index contributed by atoms with van der Waals surface area (Å²) in [4.78, 5) is 21.0. The number of amides is 1. The Hall–Kier alpha value is -4.29. The third-order valence-corrected chi connectivity index (χ3v) is 5.45. The van der Waals surface area contributed by atoms with Crippen LogP contribution in [0.2, 0.25) is 0 Å². The average molecular weight is 524 g/mol. The maximum absolute atomic E-state index is 13.3. The largest absolute Gasteiger partial charge is 0.493 e. The Bertz CT molecular complexity index is 1380. The Kier molecular flexibility index (Phi) is 9.01. The number of aliphatic hydroxyl groups is 1. The molecular weight excluding hydrogens is 493 g/mol. The number of benzene rings is 2. The summed E-state index contributed by atoms with van der Waals surface area (Å²) in [5.41, 5.74) is 1.59. The molecule has 2 aromatic carbocycles. The Morgan fingerprint density at radius 2 is 2.05 bits per heavy atom. The van der Waals surface area contributed by atoms with E-state index in [1.54, 1.807) is 38.3 Å². The molecule has 0 aliphatic heterocycles. The van der Waals surface area contributed by atoms with Crippen molar-refractivity contribution in [2.24, 2.45) is 0 Å². The number of rotatable bonds is 13. The Morgan fingerprint density at radius 3 is 2.84 bits per heavy atom. The van der Waals surface area contributed by atoms with Gasteiger partial charge in [0, 0.05) is 35.4 Å². The van der Waals surface area contributed by atoms with E-state index in [0.29, 0.717) is 58.6 Å². The highest BCUT2D eigenvalue weighted by atomic mass is 19.1. The maximum Gasteiger partial charge on any atom is 0.230 e. The number of hydrogen-bond donors (Lipinski definition) is 5. The standard InChI is InChI=1S/C26H30FN7O4/c1-16(35)14-28-7-4-8-38-23-13-21-20(12-22(23)37-2)26(30-15-29-21)32-24-10-19(33-34-24)11-25(36)31-18-6-3-5-17(27)9-18/h3,5-6,9-10,12-13,15-16,28,35H,4,7-8,11,14H2,1-2H3,(H,31,36)(H2,29,30,32,33,34)/t16-/m1/s1. The molecule has 1 atom stereocenters. The van der Waals surface area contributed by atoms with Crippen LogP contribution in [0.15, 0.2) is 48.8 Å². The lowest BCUT2D eigenvalue weighted by atomic mass is 10.2. The molecule has 2 aromatic heterocycles. The number of aromatic nitrogens is 4. The van der Waals surface area contributed by atoms with E-state index in [1.807, 2.05) is 0 Å². The Balaban J connectivity index is 1.40. The van der Waals surface area contributed by atoms with Crippen LogP contribution < -0.4 is 25.4 Å². The van der Waals surface area contributed by atoms with Crippen molar-refractivity contribution in [2.75, 3.05) is 37.4 Å². The first kappa shape index (κ1) is 26.8. The molecule has 1 amide bonds. The molecule has 4 rings (SSSR count). The average Bonchev–Trinajstić information content (AvgIpc) is 3.32. The zero-order chi connectivity index (χ0) is 26.9. The van der Waals surface area contributed by atoms with Crippen molar-refractivity contribution in [3.63, 3.8) is 0 Å². The molecule has 5 N–H and O–H groups in total. The number of anilines is 3. The molecule has 0 saturated heterocycles. The van der Waals surface area contributed by atoms with E-state index in [9.17, 15) is 14.3 Å². The first-order valence-corrected chi connectivity index (χ1v) is 12.1. The molecule has 11 nitrogen and oxygen atoms in total. The van der Waals surface area contributed by atoms with E-state index in [2.05, 4.69) is 36.1 Å². The summed E-state index contributed by atoms with van der Waals surface area (Å²) in [5, 5.41) is 26.0. The normalized spacial score (nSPS) is 11.8. The van der Waals surface area contributed by atoms with Crippen molar-refractivity contribution in [3.8, 4) is 11.5 Å². The maximum atomic E-state index is 13.3. The minimum atomic E-state index is -0.426. The monoisotopic (exact) mass is 523 g/mol. The lowest BCUT2D eigenvalue weighted by Crippen LogP contribution is -2.26. The number of aromatic amines is 1.